The quantitative estimate of drug-likeness (QED) is 0.787. The number of halogens is 2. The van der Waals surface area contributed by atoms with Crippen LogP contribution in [0.4, 0.5) is 0 Å². The van der Waals surface area contributed by atoms with E-state index in [1.54, 1.807) is 19.2 Å². The van der Waals surface area contributed by atoms with Crippen molar-refractivity contribution in [2.75, 3.05) is 7.11 Å². The highest BCUT2D eigenvalue weighted by atomic mass is 35.5. The van der Waals surface area contributed by atoms with Crippen molar-refractivity contribution in [2.24, 2.45) is 0 Å². The van der Waals surface area contributed by atoms with E-state index in [9.17, 15) is 4.79 Å². The van der Waals surface area contributed by atoms with Crippen molar-refractivity contribution in [3.05, 3.63) is 63.6 Å². The normalized spacial score (nSPS) is 10.2. The molecule has 3 nitrogen and oxygen atoms in total. The second-order valence-corrected chi connectivity index (χ2v) is 4.87. The molecule has 104 valence electrons. The molecular formula is C15H12Cl2O3. The van der Waals surface area contributed by atoms with Gasteiger partial charge in [-0.1, -0.05) is 35.3 Å². The van der Waals surface area contributed by atoms with E-state index in [4.69, 9.17) is 32.7 Å². The molecule has 0 saturated carbocycles. The van der Waals surface area contributed by atoms with Crippen molar-refractivity contribution in [3.8, 4) is 5.75 Å². The number of carbonyl (C=O) groups excluding carboxylic acids is 1. The first-order valence-corrected chi connectivity index (χ1v) is 6.61. The van der Waals surface area contributed by atoms with Crippen molar-refractivity contribution in [1.29, 1.82) is 0 Å². The third-order valence-electron chi connectivity index (χ3n) is 2.66. The van der Waals surface area contributed by atoms with Crippen molar-refractivity contribution >= 4 is 29.2 Å². The average molecular weight is 311 g/mol. The summed E-state index contributed by atoms with van der Waals surface area (Å²) in [7, 11) is 1.58. The molecule has 0 aliphatic carbocycles. The van der Waals surface area contributed by atoms with Gasteiger partial charge in [0.2, 0.25) is 0 Å². The monoisotopic (exact) mass is 310 g/mol. The lowest BCUT2D eigenvalue weighted by atomic mass is 10.2. The molecule has 0 fully saturated rings. The van der Waals surface area contributed by atoms with Gasteiger partial charge in [0.05, 0.1) is 22.7 Å². The molecule has 0 aliphatic rings. The van der Waals surface area contributed by atoms with E-state index >= 15 is 0 Å². The molecule has 5 heteroatoms. The predicted octanol–water partition coefficient (Wildman–Crippen LogP) is 4.36. The lowest BCUT2D eigenvalue weighted by Crippen LogP contribution is -2.05. The Balaban J connectivity index is 2.02. The van der Waals surface area contributed by atoms with Crippen LogP contribution in [0.3, 0.4) is 0 Å². The minimum absolute atomic E-state index is 0.163. The molecule has 0 saturated heterocycles. The van der Waals surface area contributed by atoms with Crippen molar-refractivity contribution in [3.63, 3.8) is 0 Å². The molecule has 20 heavy (non-hydrogen) atoms. The number of ether oxygens (including phenoxy) is 2. The van der Waals surface area contributed by atoms with Crippen molar-refractivity contribution in [1.82, 2.24) is 0 Å². The molecule has 0 N–H and O–H groups in total. The Morgan fingerprint density at radius 1 is 1.10 bits per heavy atom. The topological polar surface area (TPSA) is 35.5 Å². The lowest BCUT2D eigenvalue weighted by Gasteiger charge is -2.07. The Kier molecular flexibility index (Phi) is 4.88. The third kappa shape index (κ3) is 3.65. The smallest absolute Gasteiger partial charge is 0.338 e. The number of esters is 1. The van der Waals surface area contributed by atoms with Crippen LogP contribution < -0.4 is 4.74 Å². The summed E-state index contributed by atoms with van der Waals surface area (Å²) in [5, 5.41) is 0.721. The molecule has 0 aliphatic heterocycles. The second-order valence-electron chi connectivity index (χ2n) is 4.06. The van der Waals surface area contributed by atoms with Gasteiger partial charge >= 0.3 is 5.97 Å². The fourth-order valence-electron chi connectivity index (χ4n) is 1.62. The number of hydrogen-bond acceptors (Lipinski definition) is 3. The molecule has 0 heterocycles. The van der Waals surface area contributed by atoms with Crippen LogP contribution in [0.1, 0.15) is 15.9 Å². The average Bonchev–Trinajstić information content (AvgIpc) is 2.47. The fourth-order valence-corrected chi connectivity index (χ4v) is 1.92. The van der Waals surface area contributed by atoms with Crippen LogP contribution in [0, 0.1) is 0 Å². The molecule has 0 bridgehead atoms. The highest BCUT2D eigenvalue weighted by Gasteiger charge is 2.09. The standard InChI is InChI=1S/C15H12Cl2O3/c1-19-12-4-2-3-10(7-12)9-20-15(18)11-5-6-13(16)14(17)8-11/h2-8H,9H2,1H3. The summed E-state index contributed by atoms with van der Waals surface area (Å²) in [4.78, 5) is 11.9. The van der Waals surface area contributed by atoms with E-state index < -0.39 is 5.97 Å². The molecule has 0 unspecified atom stereocenters. The summed E-state index contributed by atoms with van der Waals surface area (Å²) in [5.74, 6) is 0.263. The molecule has 2 rings (SSSR count). The maximum absolute atomic E-state index is 11.9. The highest BCUT2D eigenvalue weighted by Crippen LogP contribution is 2.23. The first kappa shape index (κ1) is 14.7. The zero-order valence-electron chi connectivity index (χ0n) is 10.7. The largest absolute Gasteiger partial charge is 0.497 e. The van der Waals surface area contributed by atoms with Gasteiger partial charge in [-0.05, 0) is 35.9 Å². The van der Waals surface area contributed by atoms with Gasteiger partial charge in [-0.2, -0.15) is 0 Å². The van der Waals surface area contributed by atoms with E-state index in [2.05, 4.69) is 0 Å². The molecule has 2 aromatic rings. The first-order chi connectivity index (χ1) is 9.60. The molecular weight excluding hydrogens is 299 g/mol. The Morgan fingerprint density at radius 2 is 1.90 bits per heavy atom. The van der Waals surface area contributed by atoms with Crippen molar-refractivity contribution in [2.45, 2.75) is 6.61 Å². The fraction of sp³-hybridized carbons (Fsp3) is 0.133. The van der Waals surface area contributed by atoms with Gasteiger partial charge in [0.1, 0.15) is 12.4 Å². The second kappa shape index (κ2) is 6.64. The van der Waals surface area contributed by atoms with E-state index in [1.165, 1.54) is 6.07 Å². The summed E-state index contributed by atoms with van der Waals surface area (Å²) < 4.78 is 10.3. The molecule has 0 amide bonds. The van der Waals surface area contributed by atoms with Gasteiger partial charge in [-0.25, -0.2) is 4.79 Å². The van der Waals surface area contributed by atoms with Gasteiger partial charge in [-0.15, -0.1) is 0 Å². The Labute approximate surface area is 127 Å². The molecule has 2 aromatic carbocycles. The van der Waals surface area contributed by atoms with Gasteiger partial charge in [-0.3, -0.25) is 0 Å². The first-order valence-electron chi connectivity index (χ1n) is 5.85. The van der Waals surface area contributed by atoms with Crippen LogP contribution in [0.25, 0.3) is 0 Å². The minimum atomic E-state index is -0.452. The lowest BCUT2D eigenvalue weighted by molar-refractivity contribution is 0.0472. The van der Waals surface area contributed by atoms with Gasteiger partial charge in [0, 0.05) is 0 Å². The maximum Gasteiger partial charge on any atom is 0.338 e. The summed E-state index contributed by atoms with van der Waals surface area (Å²) in [6, 6.07) is 11.9. The number of hydrogen-bond donors (Lipinski definition) is 0. The molecule has 0 radical (unpaired) electrons. The number of rotatable bonds is 4. The molecule has 0 spiro atoms. The van der Waals surface area contributed by atoms with Crippen LogP contribution in [0.5, 0.6) is 5.75 Å². The SMILES string of the molecule is COc1cccc(COC(=O)c2ccc(Cl)c(Cl)c2)c1. The van der Waals surface area contributed by atoms with Crippen LogP contribution in [0.15, 0.2) is 42.5 Å². The minimum Gasteiger partial charge on any atom is -0.497 e. The molecule has 0 aromatic heterocycles. The summed E-state index contributed by atoms with van der Waals surface area (Å²) in [5.41, 5.74) is 1.21. The van der Waals surface area contributed by atoms with E-state index in [0.29, 0.717) is 21.4 Å². The summed E-state index contributed by atoms with van der Waals surface area (Å²) >= 11 is 11.7. The maximum atomic E-state index is 11.9. The third-order valence-corrected chi connectivity index (χ3v) is 3.40. The van der Waals surface area contributed by atoms with E-state index in [1.807, 2.05) is 24.3 Å². The van der Waals surface area contributed by atoms with E-state index in [0.717, 1.165) is 5.56 Å². The molecule has 0 atom stereocenters. The van der Waals surface area contributed by atoms with Crippen LogP contribution in [0.2, 0.25) is 10.0 Å². The van der Waals surface area contributed by atoms with Gasteiger partial charge in [0.25, 0.3) is 0 Å². The van der Waals surface area contributed by atoms with Crippen LogP contribution in [-0.2, 0) is 11.3 Å². The zero-order chi connectivity index (χ0) is 14.5. The summed E-state index contributed by atoms with van der Waals surface area (Å²) in [6.45, 7) is 0.163. The van der Waals surface area contributed by atoms with E-state index in [-0.39, 0.29) is 6.61 Å². The van der Waals surface area contributed by atoms with Gasteiger partial charge in [0.15, 0.2) is 0 Å². The number of benzene rings is 2. The zero-order valence-corrected chi connectivity index (χ0v) is 12.2. The predicted molar refractivity (Wildman–Crippen MR) is 78.6 cm³/mol. The number of carbonyl (C=O) groups is 1. The van der Waals surface area contributed by atoms with Gasteiger partial charge < -0.3 is 9.47 Å². The summed E-state index contributed by atoms with van der Waals surface area (Å²) in [6.07, 6.45) is 0. The van der Waals surface area contributed by atoms with Crippen LogP contribution >= 0.6 is 23.2 Å². The Bertz CT molecular complexity index is 626. The van der Waals surface area contributed by atoms with Crippen molar-refractivity contribution < 1.29 is 14.3 Å². The number of methoxy groups -OCH3 is 1. The Morgan fingerprint density at radius 3 is 2.60 bits per heavy atom. The Hall–Kier alpha value is -1.71. The van der Waals surface area contributed by atoms with Crippen LogP contribution in [-0.4, -0.2) is 13.1 Å². The highest BCUT2D eigenvalue weighted by molar-refractivity contribution is 6.42.